The summed E-state index contributed by atoms with van der Waals surface area (Å²) >= 11 is 0. The molecule has 1 aliphatic carbocycles. The van der Waals surface area contributed by atoms with Crippen LogP contribution in [-0.4, -0.2) is 103 Å². The largest absolute Gasteiger partial charge is 0.395 e. The van der Waals surface area contributed by atoms with Gasteiger partial charge in [0.2, 0.25) is 23.6 Å². The second-order valence-corrected chi connectivity index (χ2v) is 16.8. The molecule has 6 atom stereocenters. The molecule has 1 unspecified atom stereocenters. The zero-order valence-electron chi connectivity index (χ0n) is 33.7. The third-order valence-corrected chi connectivity index (χ3v) is 11.4. The van der Waals surface area contributed by atoms with E-state index in [0.29, 0.717) is 45.6 Å². The zero-order chi connectivity index (χ0) is 40.3. The smallest absolute Gasteiger partial charge is 0.246 e. The summed E-state index contributed by atoms with van der Waals surface area (Å²) in [6.45, 7) is 15.2. The maximum absolute atomic E-state index is 14.5. The molecule has 1 heterocycles. The Labute approximate surface area is 326 Å². The van der Waals surface area contributed by atoms with Gasteiger partial charge >= 0.3 is 0 Å². The van der Waals surface area contributed by atoms with Crippen LogP contribution in [0.3, 0.4) is 0 Å². The van der Waals surface area contributed by atoms with Crippen molar-refractivity contribution in [2.45, 2.75) is 97.8 Å². The van der Waals surface area contributed by atoms with Gasteiger partial charge in [-0.25, -0.2) is 0 Å². The van der Waals surface area contributed by atoms with Crippen molar-refractivity contribution in [2.75, 3.05) is 39.5 Å². The van der Waals surface area contributed by atoms with Gasteiger partial charge < -0.3 is 31.1 Å². The van der Waals surface area contributed by atoms with Gasteiger partial charge in [-0.15, -0.1) is 0 Å². The predicted octanol–water partition coefficient (Wildman–Crippen LogP) is 3.06. The molecule has 0 radical (unpaired) electrons. The van der Waals surface area contributed by atoms with Crippen LogP contribution in [0.25, 0.3) is 0 Å². The minimum absolute atomic E-state index is 0.0285. The predicted molar refractivity (Wildman–Crippen MR) is 212 cm³/mol. The van der Waals surface area contributed by atoms with Crippen molar-refractivity contribution in [1.29, 1.82) is 0 Å². The number of aliphatic hydroxyl groups is 1. The highest BCUT2D eigenvalue weighted by Gasteiger charge is 2.62. The molecule has 0 aromatic heterocycles. The third kappa shape index (κ3) is 11.9. The van der Waals surface area contributed by atoms with E-state index >= 15 is 0 Å². The van der Waals surface area contributed by atoms with Gasteiger partial charge in [0.25, 0.3) is 0 Å². The lowest BCUT2D eigenvalue weighted by Gasteiger charge is -2.34. The molecule has 2 aromatic rings. The molecule has 4 amide bonds. The first kappa shape index (κ1) is 43.6. The van der Waals surface area contributed by atoms with E-state index in [0.717, 1.165) is 11.1 Å². The third-order valence-electron chi connectivity index (χ3n) is 11.4. The SMILES string of the molecule is CC(C)[C@H](C)C(NC(=O)[C@H](Cc1ccccc1)NC(=O)[C@@]1(NC(=O)[C@H](CCc2ccccc2)NC(=O)CN2CCOCC2)C[C@H]1C(C)C)C(=O)C(C)(C)CO. The molecule has 0 spiro atoms. The van der Waals surface area contributed by atoms with Gasteiger partial charge in [-0.3, -0.25) is 28.9 Å². The second kappa shape index (κ2) is 19.6. The number of ketones is 1. The maximum Gasteiger partial charge on any atom is 0.246 e. The number of hydrogen-bond acceptors (Lipinski definition) is 8. The first-order valence-corrected chi connectivity index (χ1v) is 19.8. The lowest BCUT2D eigenvalue weighted by Crippen LogP contribution is -2.61. The van der Waals surface area contributed by atoms with E-state index in [2.05, 4.69) is 21.3 Å². The van der Waals surface area contributed by atoms with E-state index in [1.54, 1.807) is 13.8 Å². The zero-order valence-corrected chi connectivity index (χ0v) is 33.7. The number of morpholine rings is 1. The van der Waals surface area contributed by atoms with Crippen molar-refractivity contribution in [1.82, 2.24) is 26.2 Å². The van der Waals surface area contributed by atoms with Crippen LogP contribution in [0.2, 0.25) is 0 Å². The van der Waals surface area contributed by atoms with Crippen LogP contribution >= 0.6 is 0 Å². The molecular formula is C43H63N5O7. The van der Waals surface area contributed by atoms with Crippen molar-refractivity contribution >= 4 is 29.4 Å². The van der Waals surface area contributed by atoms with Crippen LogP contribution < -0.4 is 21.3 Å². The van der Waals surface area contributed by atoms with Crippen LogP contribution in [0.4, 0.5) is 0 Å². The minimum atomic E-state index is -1.31. The summed E-state index contributed by atoms with van der Waals surface area (Å²) in [4.78, 5) is 72.0. The normalized spacial score (nSPS) is 20.9. The molecule has 1 saturated carbocycles. The summed E-state index contributed by atoms with van der Waals surface area (Å²) in [5, 5.41) is 22.0. The van der Waals surface area contributed by atoms with E-state index in [1.807, 2.05) is 100 Å². The van der Waals surface area contributed by atoms with Gasteiger partial charge in [-0.2, -0.15) is 0 Å². The first-order valence-electron chi connectivity index (χ1n) is 19.8. The highest BCUT2D eigenvalue weighted by atomic mass is 16.5. The van der Waals surface area contributed by atoms with Gasteiger partial charge in [0.1, 0.15) is 17.6 Å². The molecule has 55 heavy (non-hydrogen) atoms. The van der Waals surface area contributed by atoms with Crippen molar-refractivity contribution in [3.8, 4) is 0 Å². The number of nitrogens with one attached hydrogen (secondary N) is 4. The average molecular weight is 762 g/mol. The Balaban J connectivity index is 1.59. The summed E-state index contributed by atoms with van der Waals surface area (Å²) in [7, 11) is 0. The van der Waals surface area contributed by atoms with E-state index in [1.165, 1.54) is 0 Å². The highest BCUT2D eigenvalue weighted by Crippen LogP contribution is 2.49. The highest BCUT2D eigenvalue weighted by molar-refractivity contribution is 6.00. The molecule has 1 saturated heterocycles. The van der Waals surface area contributed by atoms with Crippen molar-refractivity contribution in [2.24, 2.45) is 29.1 Å². The van der Waals surface area contributed by atoms with Crippen LogP contribution in [0.15, 0.2) is 60.7 Å². The topological polar surface area (TPSA) is 166 Å². The summed E-state index contributed by atoms with van der Waals surface area (Å²) in [6.07, 6.45) is 1.36. The molecular weight excluding hydrogens is 699 g/mol. The molecule has 302 valence electrons. The number of rotatable bonds is 20. The Bertz CT molecular complexity index is 1590. The van der Waals surface area contributed by atoms with Crippen LogP contribution in [0.1, 0.15) is 72.4 Å². The fourth-order valence-electron chi connectivity index (χ4n) is 7.21. The van der Waals surface area contributed by atoms with Gasteiger partial charge in [0, 0.05) is 24.9 Å². The number of Topliss-reactive ketones (excluding diaryl/α,β-unsaturated/α-hetero) is 1. The summed E-state index contributed by atoms with van der Waals surface area (Å²) in [5.74, 6) is -2.48. The van der Waals surface area contributed by atoms with Crippen LogP contribution in [0, 0.1) is 29.1 Å². The van der Waals surface area contributed by atoms with Gasteiger partial charge in [0.15, 0.2) is 5.78 Å². The lowest BCUT2D eigenvalue weighted by molar-refractivity contribution is -0.138. The van der Waals surface area contributed by atoms with E-state index < -0.39 is 46.8 Å². The van der Waals surface area contributed by atoms with E-state index in [9.17, 15) is 29.1 Å². The number of carbonyl (C=O) groups excluding carboxylic acids is 5. The quantitative estimate of drug-likeness (QED) is 0.137. The summed E-state index contributed by atoms with van der Waals surface area (Å²) in [5.41, 5.74) is -0.584. The molecule has 0 bridgehead atoms. The van der Waals surface area contributed by atoms with Crippen LogP contribution in [-0.2, 0) is 41.6 Å². The Kier molecular flexibility index (Phi) is 15.6. The number of aliphatic hydroxyl groups excluding tert-OH is 1. The molecule has 12 nitrogen and oxygen atoms in total. The average Bonchev–Trinajstić information content (AvgIpc) is 3.91. The van der Waals surface area contributed by atoms with E-state index in [4.69, 9.17) is 4.74 Å². The number of nitrogens with zero attached hydrogens (tertiary/aromatic N) is 1. The molecule has 2 aliphatic rings. The minimum Gasteiger partial charge on any atom is -0.395 e. The van der Waals surface area contributed by atoms with E-state index in [-0.39, 0.29) is 54.9 Å². The number of ether oxygens (including phenoxy) is 1. The van der Waals surface area contributed by atoms with Crippen LogP contribution in [0.5, 0.6) is 0 Å². The summed E-state index contributed by atoms with van der Waals surface area (Å²) in [6, 6.07) is 16.1. The second-order valence-electron chi connectivity index (χ2n) is 16.8. The van der Waals surface area contributed by atoms with Crippen molar-refractivity contribution < 1.29 is 33.8 Å². The summed E-state index contributed by atoms with van der Waals surface area (Å²) < 4.78 is 5.42. The molecule has 1 aliphatic heterocycles. The number of aryl methyl sites for hydroxylation is 1. The molecule has 2 aromatic carbocycles. The van der Waals surface area contributed by atoms with Crippen molar-refractivity contribution in [3.05, 3.63) is 71.8 Å². The number of amides is 4. The first-order chi connectivity index (χ1) is 26.1. The Hall–Kier alpha value is -4.13. The van der Waals surface area contributed by atoms with Gasteiger partial charge in [-0.1, -0.05) is 109 Å². The van der Waals surface area contributed by atoms with Gasteiger partial charge in [0.05, 0.1) is 32.4 Å². The fourth-order valence-corrected chi connectivity index (χ4v) is 7.21. The van der Waals surface area contributed by atoms with Gasteiger partial charge in [-0.05, 0) is 54.1 Å². The van der Waals surface area contributed by atoms with Crippen molar-refractivity contribution in [3.63, 3.8) is 0 Å². The fraction of sp³-hybridized carbons (Fsp3) is 0.605. The number of benzene rings is 2. The maximum atomic E-state index is 14.5. The molecule has 5 N–H and O–H groups in total. The number of hydrogen-bond donors (Lipinski definition) is 5. The Morgan fingerprint density at radius 3 is 1.98 bits per heavy atom. The Morgan fingerprint density at radius 1 is 0.836 bits per heavy atom. The Morgan fingerprint density at radius 2 is 1.44 bits per heavy atom. The standard InChI is InChI=1S/C43H63N5O7/c1-28(2)30(5)37(38(51)42(6,7)27-49)46-39(52)35(24-32-16-12-9-13-17-32)45-41(54)43(25-33(43)29(3)4)47-40(53)34(19-18-31-14-10-8-11-15-31)44-36(50)26-48-20-22-55-23-21-48/h8-17,28-30,33-35,37,49H,18-27H2,1-7H3,(H,44,50)(H,45,54)(H,46,52)(H,47,53)/t30-,33-,34-,35-,37?,43+/m0/s1. The monoisotopic (exact) mass is 761 g/mol. The lowest BCUT2D eigenvalue weighted by atomic mass is 9.77. The molecule has 2 fully saturated rings. The molecule has 4 rings (SSSR count). The number of carbonyl (C=O) groups is 5. The molecule has 12 heteroatoms.